The molecule has 0 saturated carbocycles. The molecule has 0 heterocycles. The first-order valence-corrected chi connectivity index (χ1v) is 4.45. The zero-order valence-corrected chi connectivity index (χ0v) is 8.56. The number of thiol groups is 1. The van der Waals surface area contributed by atoms with Gasteiger partial charge in [0.05, 0.1) is 5.25 Å². The van der Waals surface area contributed by atoms with Gasteiger partial charge in [-0.25, -0.2) is 0 Å². The fourth-order valence-corrected chi connectivity index (χ4v) is 0.864. The van der Waals surface area contributed by atoms with Crippen LogP contribution in [0.1, 0.15) is 20.8 Å². The van der Waals surface area contributed by atoms with E-state index in [1.165, 1.54) is 0 Å². The highest BCUT2D eigenvalue weighted by Gasteiger charge is 2.19. The van der Waals surface area contributed by atoms with Crippen LogP contribution in [0.25, 0.3) is 0 Å². The molecule has 0 aromatic carbocycles. The minimum Gasteiger partial charge on any atom is -0.345 e. The second-order valence-electron chi connectivity index (χ2n) is 3.04. The molecule has 3 heteroatoms. The quantitative estimate of drug-likeness (QED) is 0.643. The van der Waals surface area contributed by atoms with E-state index < -0.39 is 0 Å². The van der Waals surface area contributed by atoms with E-state index in [0.717, 1.165) is 6.54 Å². The molecule has 11 heavy (non-hydrogen) atoms. The number of hydrogen-bond acceptors (Lipinski definition) is 2. The number of carbonyl (C=O) groups excluding carboxylic acids is 1. The van der Waals surface area contributed by atoms with Gasteiger partial charge in [0.25, 0.3) is 0 Å². The molecule has 0 aliphatic carbocycles. The van der Waals surface area contributed by atoms with Crippen LogP contribution in [0.4, 0.5) is 0 Å². The minimum absolute atomic E-state index is 0.117. The Morgan fingerprint density at radius 3 is 2.27 bits per heavy atom. The Hall–Kier alpha value is -0.180. The van der Waals surface area contributed by atoms with Crippen LogP contribution in [-0.4, -0.2) is 29.6 Å². The predicted molar refractivity (Wildman–Crippen MR) is 50.9 cm³/mol. The van der Waals surface area contributed by atoms with Gasteiger partial charge in [-0.1, -0.05) is 13.8 Å². The predicted octanol–water partition coefficient (Wildman–Crippen LogP) is 1.42. The minimum atomic E-state index is -0.153. The molecule has 0 bridgehead atoms. The SMILES string of the molecule is CCN(C)C(=O)C(S)C(C)C. The Morgan fingerprint density at radius 1 is 1.55 bits per heavy atom. The highest BCUT2D eigenvalue weighted by molar-refractivity contribution is 7.81. The van der Waals surface area contributed by atoms with Crippen LogP contribution < -0.4 is 0 Å². The lowest BCUT2D eigenvalue weighted by Gasteiger charge is -2.21. The van der Waals surface area contributed by atoms with Gasteiger partial charge >= 0.3 is 0 Å². The molecule has 1 atom stereocenters. The van der Waals surface area contributed by atoms with Crippen molar-refractivity contribution in [2.24, 2.45) is 5.92 Å². The lowest BCUT2D eigenvalue weighted by atomic mass is 10.1. The average Bonchev–Trinajstić information content (AvgIpc) is 2.00. The van der Waals surface area contributed by atoms with Crippen molar-refractivity contribution >= 4 is 18.5 Å². The fourth-order valence-electron chi connectivity index (χ4n) is 0.667. The van der Waals surface area contributed by atoms with Gasteiger partial charge in [0.1, 0.15) is 0 Å². The second kappa shape index (κ2) is 4.65. The Balaban J connectivity index is 4.02. The standard InChI is InChI=1S/C8H17NOS/c1-5-9(4)8(10)7(11)6(2)3/h6-7,11H,5H2,1-4H3. The van der Waals surface area contributed by atoms with Crippen LogP contribution in [0.2, 0.25) is 0 Å². The topological polar surface area (TPSA) is 20.3 Å². The summed E-state index contributed by atoms with van der Waals surface area (Å²) in [6.45, 7) is 6.71. The molecule has 2 nitrogen and oxygen atoms in total. The Labute approximate surface area is 74.4 Å². The van der Waals surface area contributed by atoms with Crippen molar-refractivity contribution in [3.8, 4) is 0 Å². The van der Waals surface area contributed by atoms with Gasteiger partial charge in [0.2, 0.25) is 5.91 Å². The first-order chi connectivity index (χ1) is 5.00. The summed E-state index contributed by atoms with van der Waals surface area (Å²) >= 11 is 4.22. The molecular weight excluding hydrogens is 158 g/mol. The smallest absolute Gasteiger partial charge is 0.235 e. The summed E-state index contributed by atoms with van der Waals surface area (Å²) in [7, 11) is 1.80. The third kappa shape index (κ3) is 3.14. The van der Waals surface area contributed by atoms with Gasteiger partial charge in [0.15, 0.2) is 0 Å². The molecular formula is C8H17NOS. The summed E-state index contributed by atoms with van der Waals surface area (Å²) in [5.74, 6) is 0.422. The number of carbonyl (C=O) groups is 1. The summed E-state index contributed by atoms with van der Waals surface area (Å²) in [5, 5.41) is -0.153. The van der Waals surface area contributed by atoms with E-state index in [4.69, 9.17) is 0 Å². The van der Waals surface area contributed by atoms with Gasteiger partial charge in [-0.3, -0.25) is 4.79 Å². The highest BCUT2D eigenvalue weighted by Crippen LogP contribution is 2.11. The second-order valence-corrected chi connectivity index (χ2v) is 3.60. The van der Waals surface area contributed by atoms with Crippen molar-refractivity contribution in [1.82, 2.24) is 4.90 Å². The van der Waals surface area contributed by atoms with Crippen molar-refractivity contribution in [3.63, 3.8) is 0 Å². The zero-order valence-electron chi connectivity index (χ0n) is 7.66. The van der Waals surface area contributed by atoms with Crippen LogP contribution in [0.15, 0.2) is 0 Å². The van der Waals surface area contributed by atoms with E-state index in [0.29, 0.717) is 5.92 Å². The fraction of sp³-hybridized carbons (Fsp3) is 0.875. The summed E-state index contributed by atoms with van der Waals surface area (Å²) in [6.07, 6.45) is 0. The van der Waals surface area contributed by atoms with Gasteiger partial charge in [0, 0.05) is 13.6 Å². The van der Waals surface area contributed by atoms with Crippen molar-refractivity contribution in [1.29, 1.82) is 0 Å². The Bertz CT molecular complexity index is 136. The van der Waals surface area contributed by atoms with Crippen LogP contribution in [-0.2, 0) is 4.79 Å². The van der Waals surface area contributed by atoms with E-state index in [1.807, 2.05) is 20.8 Å². The van der Waals surface area contributed by atoms with Crippen LogP contribution in [0.5, 0.6) is 0 Å². The van der Waals surface area contributed by atoms with E-state index in [9.17, 15) is 4.79 Å². The molecule has 0 rings (SSSR count). The van der Waals surface area contributed by atoms with Crippen molar-refractivity contribution in [3.05, 3.63) is 0 Å². The molecule has 1 amide bonds. The van der Waals surface area contributed by atoms with Gasteiger partial charge in [-0.05, 0) is 12.8 Å². The lowest BCUT2D eigenvalue weighted by Crippen LogP contribution is -2.35. The van der Waals surface area contributed by atoms with E-state index in [1.54, 1.807) is 11.9 Å². The number of amides is 1. The first kappa shape index (κ1) is 10.8. The molecule has 0 aliphatic heterocycles. The lowest BCUT2D eigenvalue weighted by molar-refractivity contribution is -0.129. The first-order valence-electron chi connectivity index (χ1n) is 3.93. The monoisotopic (exact) mass is 175 g/mol. The summed E-state index contributed by atoms with van der Waals surface area (Å²) in [4.78, 5) is 13.1. The highest BCUT2D eigenvalue weighted by atomic mass is 32.1. The van der Waals surface area contributed by atoms with Crippen molar-refractivity contribution in [2.75, 3.05) is 13.6 Å². The molecule has 0 saturated heterocycles. The Kier molecular flexibility index (Phi) is 4.57. The molecule has 1 unspecified atom stereocenters. The van der Waals surface area contributed by atoms with Crippen LogP contribution >= 0.6 is 12.6 Å². The summed E-state index contributed by atoms with van der Waals surface area (Å²) in [6, 6.07) is 0. The normalized spacial score (nSPS) is 13.3. The largest absolute Gasteiger partial charge is 0.345 e. The number of rotatable bonds is 3. The van der Waals surface area contributed by atoms with Gasteiger partial charge in [-0.2, -0.15) is 12.6 Å². The zero-order chi connectivity index (χ0) is 9.02. The number of hydrogen-bond donors (Lipinski definition) is 1. The third-order valence-electron chi connectivity index (χ3n) is 1.74. The van der Waals surface area contributed by atoms with Crippen molar-refractivity contribution < 1.29 is 4.79 Å². The van der Waals surface area contributed by atoms with E-state index >= 15 is 0 Å². The molecule has 66 valence electrons. The van der Waals surface area contributed by atoms with Crippen LogP contribution in [0, 0.1) is 5.92 Å². The van der Waals surface area contributed by atoms with Crippen LogP contribution in [0.3, 0.4) is 0 Å². The average molecular weight is 175 g/mol. The maximum absolute atomic E-state index is 11.4. The molecule has 0 radical (unpaired) electrons. The number of nitrogens with zero attached hydrogens (tertiary/aromatic N) is 1. The van der Waals surface area contributed by atoms with Crippen molar-refractivity contribution in [2.45, 2.75) is 26.0 Å². The molecule has 0 N–H and O–H groups in total. The van der Waals surface area contributed by atoms with E-state index in [-0.39, 0.29) is 11.2 Å². The Morgan fingerprint density at radius 2 is 2.00 bits per heavy atom. The molecule has 0 fully saturated rings. The summed E-state index contributed by atoms with van der Waals surface area (Å²) in [5.41, 5.74) is 0. The molecule has 0 aromatic rings. The van der Waals surface area contributed by atoms with Gasteiger partial charge in [-0.15, -0.1) is 0 Å². The molecule has 0 aliphatic rings. The maximum Gasteiger partial charge on any atom is 0.235 e. The summed E-state index contributed by atoms with van der Waals surface area (Å²) < 4.78 is 0. The van der Waals surface area contributed by atoms with Gasteiger partial charge < -0.3 is 4.90 Å². The van der Waals surface area contributed by atoms with E-state index in [2.05, 4.69) is 12.6 Å². The molecule has 0 aromatic heterocycles. The third-order valence-corrected chi connectivity index (χ3v) is 2.55. The molecule has 0 spiro atoms. The maximum atomic E-state index is 11.4.